The van der Waals surface area contributed by atoms with Gasteiger partial charge in [-0.15, -0.1) is 0 Å². The molecule has 0 amide bonds. The number of aryl methyl sites for hydroxylation is 1. The van der Waals surface area contributed by atoms with Crippen LogP contribution in [-0.2, 0) is 11.2 Å². The monoisotopic (exact) mass is 294 g/mol. The predicted octanol–water partition coefficient (Wildman–Crippen LogP) is 3.40. The molecule has 0 saturated carbocycles. The van der Waals surface area contributed by atoms with E-state index in [4.69, 9.17) is 4.74 Å². The fraction of sp³-hybridized carbons (Fsp3) is 0.750. The third-order valence-electron chi connectivity index (χ3n) is 3.41. The number of rotatable bonds is 10. The number of ether oxygens (including phenoxy) is 1. The van der Waals surface area contributed by atoms with E-state index in [1.807, 2.05) is 0 Å². The van der Waals surface area contributed by atoms with Crippen molar-refractivity contribution in [2.24, 2.45) is 0 Å². The Kier molecular flexibility index (Phi) is 8.05. The highest BCUT2D eigenvalue weighted by Crippen LogP contribution is 2.22. The van der Waals surface area contributed by atoms with Crippen LogP contribution in [0.4, 0.5) is 11.6 Å². The zero-order valence-corrected chi connectivity index (χ0v) is 14.1. The maximum absolute atomic E-state index is 5.26. The van der Waals surface area contributed by atoms with Crippen LogP contribution in [0.2, 0.25) is 0 Å². The van der Waals surface area contributed by atoms with Gasteiger partial charge < -0.3 is 15.4 Å². The highest BCUT2D eigenvalue weighted by Gasteiger charge is 2.13. The van der Waals surface area contributed by atoms with Gasteiger partial charge in [-0.25, -0.2) is 9.97 Å². The van der Waals surface area contributed by atoms with Crippen molar-refractivity contribution < 1.29 is 4.74 Å². The van der Waals surface area contributed by atoms with E-state index in [0.717, 1.165) is 55.3 Å². The Bertz CT molecular complexity index is 423. The average Bonchev–Trinajstić information content (AvgIpc) is 2.48. The van der Waals surface area contributed by atoms with Gasteiger partial charge in [0.25, 0.3) is 0 Å². The molecule has 1 atom stereocenters. The van der Waals surface area contributed by atoms with Crippen molar-refractivity contribution >= 4 is 11.6 Å². The van der Waals surface area contributed by atoms with Crippen LogP contribution in [0.25, 0.3) is 0 Å². The molecule has 1 rings (SSSR count). The lowest BCUT2D eigenvalue weighted by Gasteiger charge is -2.20. The van der Waals surface area contributed by atoms with Crippen LogP contribution < -0.4 is 10.6 Å². The largest absolute Gasteiger partial charge is 0.383 e. The molecule has 1 heterocycles. The molecule has 120 valence electrons. The predicted molar refractivity (Wildman–Crippen MR) is 89.1 cm³/mol. The molecule has 0 spiro atoms. The summed E-state index contributed by atoms with van der Waals surface area (Å²) in [5, 5.41) is 6.90. The third kappa shape index (κ3) is 5.50. The number of nitrogens with zero attached hydrogens (tertiary/aromatic N) is 2. The zero-order chi connectivity index (χ0) is 15.7. The standard InChI is InChI=1S/C16H30N4O/c1-6-9-14-19-15(17-10-7-2)12(4)16(20-14)18-13(8-3)11-21-5/h13H,6-11H2,1-5H3,(H2,17,18,19,20). The Hall–Kier alpha value is -1.36. The lowest BCUT2D eigenvalue weighted by Crippen LogP contribution is -2.25. The lowest BCUT2D eigenvalue weighted by molar-refractivity contribution is 0.184. The van der Waals surface area contributed by atoms with E-state index in [1.54, 1.807) is 7.11 Å². The number of anilines is 2. The number of aromatic nitrogens is 2. The van der Waals surface area contributed by atoms with Gasteiger partial charge in [-0.1, -0.05) is 20.8 Å². The summed E-state index contributed by atoms with van der Waals surface area (Å²) in [5.41, 5.74) is 1.08. The van der Waals surface area contributed by atoms with Gasteiger partial charge in [0.15, 0.2) is 0 Å². The maximum atomic E-state index is 5.26. The van der Waals surface area contributed by atoms with Gasteiger partial charge in [0, 0.05) is 25.6 Å². The fourth-order valence-electron chi connectivity index (χ4n) is 2.11. The summed E-state index contributed by atoms with van der Waals surface area (Å²) in [6, 6.07) is 0.275. The average molecular weight is 294 g/mol. The van der Waals surface area contributed by atoms with E-state index in [1.165, 1.54) is 0 Å². The van der Waals surface area contributed by atoms with Crippen molar-refractivity contribution in [2.75, 3.05) is 30.9 Å². The van der Waals surface area contributed by atoms with Crippen molar-refractivity contribution in [3.63, 3.8) is 0 Å². The summed E-state index contributed by atoms with van der Waals surface area (Å²) < 4.78 is 5.26. The first-order valence-corrected chi connectivity index (χ1v) is 8.02. The molecule has 1 unspecified atom stereocenters. The Balaban J connectivity index is 3.00. The molecule has 5 heteroatoms. The van der Waals surface area contributed by atoms with Gasteiger partial charge in [-0.3, -0.25) is 0 Å². The van der Waals surface area contributed by atoms with Crippen LogP contribution in [0.15, 0.2) is 0 Å². The first-order valence-electron chi connectivity index (χ1n) is 8.02. The summed E-state index contributed by atoms with van der Waals surface area (Å²) in [6.45, 7) is 10.1. The molecule has 1 aromatic rings. The molecule has 0 aliphatic heterocycles. The second-order valence-electron chi connectivity index (χ2n) is 5.34. The van der Waals surface area contributed by atoms with E-state index in [0.29, 0.717) is 6.61 Å². The first kappa shape index (κ1) is 17.7. The quantitative estimate of drug-likeness (QED) is 0.692. The molecule has 1 aromatic heterocycles. The molecule has 0 aromatic carbocycles. The van der Waals surface area contributed by atoms with Crippen molar-refractivity contribution in [1.82, 2.24) is 9.97 Å². The van der Waals surface area contributed by atoms with Crippen LogP contribution in [0.5, 0.6) is 0 Å². The van der Waals surface area contributed by atoms with Crippen molar-refractivity contribution in [3.05, 3.63) is 11.4 Å². The number of nitrogens with one attached hydrogen (secondary N) is 2. The molecular weight excluding hydrogens is 264 g/mol. The van der Waals surface area contributed by atoms with Crippen LogP contribution in [0.1, 0.15) is 51.4 Å². The van der Waals surface area contributed by atoms with Crippen LogP contribution in [0, 0.1) is 6.92 Å². The minimum atomic E-state index is 0.275. The minimum absolute atomic E-state index is 0.275. The van der Waals surface area contributed by atoms with E-state index in [2.05, 4.69) is 48.3 Å². The van der Waals surface area contributed by atoms with E-state index in [-0.39, 0.29) is 6.04 Å². The van der Waals surface area contributed by atoms with Crippen LogP contribution in [0.3, 0.4) is 0 Å². The molecule has 0 bridgehead atoms. The molecule has 0 aliphatic carbocycles. The van der Waals surface area contributed by atoms with Crippen LogP contribution in [-0.4, -0.2) is 36.3 Å². The summed E-state index contributed by atoms with van der Waals surface area (Å²) in [4.78, 5) is 9.33. The Labute approximate surface area is 128 Å². The maximum Gasteiger partial charge on any atom is 0.135 e. The van der Waals surface area contributed by atoms with Gasteiger partial charge in [0.2, 0.25) is 0 Å². The van der Waals surface area contributed by atoms with Gasteiger partial charge in [0.1, 0.15) is 17.5 Å². The van der Waals surface area contributed by atoms with Crippen molar-refractivity contribution in [3.8, 4) is 0 Å². The van der Waals surface area contributed by atoms with Crippen molar-refractivity contribution in [2.45, 2.75) is 59.4 Å². The van der Waals surface area contributed by atoms with E-state index >= 15 is 0 Å². The number of hydrogen-bond donors (Lipinski definition) is 2. The SMILES string of the molecule is CCCNc1nc(CCC)nc(NC(CC)COC)c1C. The first-order chi connectivity index (χ1) is 10.2. The third-order valence-corrected chi connectivity index (χ3v) is 3.41. The minimum Gasteiger partial charge on any atom is -0.383 e. The fourth-order valence-corrected chi connectivity index (χ4v) is 2.11. The smallest absolute Gasteiger partial charge is 0.135 e. The summed E-state index contributed by atoms with van der Waals surface area (Å²) in [6.07, 6.45) is 4.02. The molecular formula is C16H30N4O. The Morgan fingerprint density at radius 3 is 2.38 bits per heavy atom. The molecule has 5 nitrogen and oxygen atoms in total. The van der Waals surface area contributed by atoms with Gasteiger partial charge in [0.05, 0.1) is 12.6 Å². The van der Waals surface area contributed by atoms with E-state index < -0.39 is 0 Å². The lowest BCUT2D eigenvalue weighted by atomic mass is 10.2. The molecule has 0 fully saturated rings. The van der Waals surface area contributed by atoms with Gasteiger partial charge >= 0.3 is 0 Å². The molecule has 0 aliphatic rings. The Morgan fingerprint density at radius 2 is 1.81 bits per heavy atom. The molecule has 0 saturated heterocycles. The number of methoxy groups -OCH3 is 1. The van der Waals surface area contributed by atoms with Crippen LogP contribution >= 0.6 is 0 Å². The molecule has 21 heavy (non-hydrogen) atoms. The summed E-state index contributed by atoms with van der Waals surface area (Å²) in [5.74, 6) is 2.78. The molecule has 0 radical (unpaired) electrons. The summed E-state index contributed by atoms with van der Waals surface area (Å²) in [7, 11) is 1.73. The second-order valence-corrected chi connectivity index (χ2v) is 5.34. The van der Waals surface area contributed by atoms with E-state index in [9.17, 15) is 0 Å². The summed E-state index contributed by atoms with van der Waals surface area (Å²) >= 11 is 0. The van der Waals surface area contributed by atoms with Gasteiger partial charge in [-0.05, 0) is 26.2 Å². The number of hydrogen-bond acceptors (Lipinski definition) is 5. The highest BCUT2D eigenvalue weighted by molar-refractivity contribution is 5.57. The topological polar surface area (TPSA) is 59.1 Å². The second kappa shape index (κ2) is 9.55. The normalized spacial score (nSPS) is 12.2. The Morgan fingerprint density at radius 1 is 1.10 bits per heavy atom. The van der Waals surface area contributed by atoms with Crippen molar-refractivity contribution in [1.29, 1.82) is 0 Å². The van der Waals surface area contributed by atoms with Gasteiger partial charge in [-0.2, -0.15) is 0 Å². The highest BCUT2D eigenvalue weighted by atomic mass is 16.5. The molecule has 2 N–H and O–H groups in total. The zero-order valence-electron chi connectivity index (χ0n) is 14.1.